The van der Waals surface area contributed by atoms with Crippen molar-refractivity contribution in [1.82, 2.24) is 0 Å². The van der Waals surface area contributed by atoms with Crippen LogP contribution in [-0.2, 0) is 6.42 Å². The zero-order valence-electron chi connectivity index (χ0n) is 10.8. The fraction of sp³-hybridized carbons (Fsp3) is 0.250. The van der Waals surface area contributed by atoms with Gasteiger partial charge in [0.05, 0.1) is 7.11 Å². The normalized spacial score (nSPS) is 12.2. The van der Waals surface area contributed by atoms with Crippen LogP contribution in [0.25, 0.3) is 0 Å². The van der Waals surface area contributed by atoms with Crippen molar-refractivity contribution in [2.75, 3.05) is 12.4 Å². The predicted octanol–water partition coefficient (Wildman–Crippen LogP) is 4.56. The van der Waals surface area contributed by atoms with Gasteiger partial charge in [-0.25, -0.2) is 4.39 Å². The fourth-order valence-electron chi connectivity index (χ4n) is 2.19. The molecule has 2 rings (SSSR count). The number of ether oxygens (including phenoxy) is 1. The molecule has 0 saturated heterocycles. The lowest BCUT2D eigenvalue weighted by Gasteiger charge is -2.17. The Hall–Kier alpha value is -1.35. The summed E-state index contributed by atoms with van der Waals surface area (Å²) in [5, 5.41) is 0.714. The minimum Gasteiger partial charge on any atom is -0.496 e. The summed E-state index contributed by atoms with van der Waals surface area (Å²) in [7, 11) is 1.66. The van der Waals surface area contributed by atoms with Gasteiger partial charge in [-0.1, -0.05) is 52.3 Å². The highest BCUT2D eigenvalue weighted by Crippen LogP contribution is 2.29. The van der Waals surface area contributed by atoms with Gasteiger partial charge in [0, 0.05) is 11.2 Å². The largest absolute Gasteiger partial charge is 0.496 e. The van der Waals surface area contributed by atoms with Gasteiger partial charge in [-0.2, -0.15) is 0 Å². The van der Waals surface area contributed by atoms with E-state index >= 15 is 0 Å². The smallest absolute Gasteiger partial charge is 0.126 e. The highest BCUT2D eigenvalue weighted by Gasteiger charge is 2.16. The molecule has 0 bridgehead atoms. The van der Waals surface area contributed by atoms with Crippen molar-refractivity contribution in [1.29, 1.82) is 0 Å². The molecule has 0 radical (unpaired) electrons. The number of rotatable bonds is 5. The monoisotopic (exact) mass is 322 g/mol. The lowest BCUT2D eigenvalue weighted by atomic mass is 9.93. The van der Waals surface area contributed by atoms with Gasteiger partial charge in [-0.15, -0.1) is 0 Å². The van der Waals surface area contributed by atoms with Crippen LogP contribution in [0.4, 0.5) is 4.39 Å². The van der Waals surface area contributed by atoms with E-state index in [9.17, 15) is 4.39 Å². The quantitative estimate of drug-likeness (QED) is 0.733. The van der Waals surface area contributed by atoms with Crippen molar-refractivity contribution < 1.29 is 9.13 Å². The summed E-state index contributed by atoms with van der Waals surface area (Å²) in [6, 6.07) is 14.8. The average molecular weight is 323 g/mol. The predicted molar refractivity (Wildman–Crippen MR) is 79.6 cm³/mol. The second-order valence-electron chi connectivity index (χ2n) is 4.39. The maximum Gasteiger partial charge on any atom is 0.126 e. The van der Waals surface area contributed by atoms with Crippen LogP contribution in [0.1, 0.15) is 17.0 Å². The van der Waals surface area contributed by atoms with Gasteiger partial charge < -0.3 is 4.74 Å². The molecule has 0 saturated carbocycles. The van der Waals surface area contributed by atoms with Crippen LogP contribution in [-0.4, -0.2) is 12.4 Å². The second kappa shape index (κ2) is 6.71. The number of alkyl halides is 1. The first-order chi connectivity index (χ1) is 9.26. The molecule has 1 atom stereocenters. The Morgan fingerprint density at radius 3 is 2.47 bits per heavy atom. The third kappa shape index (κ3) is 3.35. The Labute approximate surface area is 121 Å². The molecule has 0 N–H and O–H groups in total. The molecule has 100 valence electrons. The summed E-state index contributed by atoms with van der Waals surface area (Å²) in [6.45, 7) is 0. The van der Waals surface area contributed by atoms with Crippen molar-refractivity contribution in [3.05, 3.63) is 65.5 Å². The fourth-order valence-corrected chi connectivity index (χ4v) is 2.77. The maximum atomic E-state index is 13.9. The van der Waals surface area contributed by atoms with E-state index in [1.54, 1.807) is 13.2 Å². The van der Waals surface area contributed by atoms with Crippen molar-refractivity contribution in [2.24, 2.45) is 0 Å². The van der Waals surface area contributed by atoms with Crippen molar-refractivity contribution >= 4 is 15.9 Å². The molecule has 0 aliphatic rings. The standard InChI is InChI=1S/C16H16BrFO/c1-19-16-9-5-2-6-12(16)10-13(11-17)14-7-3-4-8-15(14)18/h2-9,13H,10-11H2,1H3. The number of halogens is 2. The minimum atomic E-state index is -0.151. The molecule has 0 amide bonds. The summed E-state index contributed by atoms with van der Waals surface area (Å²) < 4.78 is 19.2. The van der Waals surface area contributed by atoms with Gasteiger partial charge in [0.15, 0.2) is 0 Å². The summed E-state index contributed by atoms with van der Waals surface area (Å²) in [5.41, 5.74) is 1.84. The van der Waals surface area contributed by atoms with E-state index in [-0.39, 0.29) is 11.7 Å². The van der Waals surface area contributed by atoms with Crippen LogP contribution < -0.4 is 4.74 Å². The summed E-state index contributed by atoms with van der Waals surface area (Å²) in [6.07, 6.45) is 0.746. The van der Waals surface area contributed by atoms with Crippen LogP contribution in [0.3, 0.4) is 0 Å². The van der Waals surface area contributed by atoms with E-state index in [1.807, 2.05) is 36.4 Å². The molecule has 1 nitrogen and oxygen atoms in total. The topological polar surface area (TPSA) is 9.23 Å². The zero-order chi connectivity index (χ0) is 13.7. The van der Waals surface area contributed by atoms with Crippen LogP contribution in [0, 0.1) is 5.82 Å². The van der Waals surface area contributed by atoms with Crippen molar-refractivity contribution in [3.63, 3.8) is 0 Å². The zero-order valence-corrected chi connectivity index (χ0v) is 12.4. The molecule has 0 fully saturated rings. The first-order valence-corrected chi connectivity index (χ1v) is 7.30. The number of benzene rings is 2. The van der Waals surface area contributed by atoms with Gasteiger partial charge in [0.2, 0.25) is 0 Å². The lowest BCUT2D eigenvalue weighted by Crippen LogP contribution is -2.07. The Morgan fingerprint density at radius 1 is 1.11 bits per heavy atom. The molecule has 3 heteroatoms. The second-order valence-corrected chi connectivity index (χ2v) is 5.04. The number of para-hydroxylation sites is 1. The summed E-state index contributed by atoms with van der Waals surface area (Å²) in [4.78, 5) is 0. The Kier molecular flexibility index (Phi) is 4.97. The molecule has 1 unspecified atom stereocenters. The highest BCUT2D eigenvalue weighted by atomic mass is 79.9. The summed E-state index contributed by atoms with van der Waals surface area (Å²) >= 11 is 3.48. The van der Waals surface area contributed by atoms with Crippen LogP contribution >= 0.6 is 15.9 Å². The lowest BCUT2D eigenvalue weighted by molar-refractivity contribution is 0.408. The Morgan fingerprint density at radius 2 is 1.79 bits per heavy atom. The third-order valence-electron chi connectivity index (χ3n) is 3.19. The van der Waals surface area contributed by atoms with E-state index in [0.29, 0.717) is 5.33 Å². The van der Waals surface area contributed by atoms with E-state index < -0.39 is 0 Å². The third-order valence-corrected chi connectivity index (χ3v) is 3.97. The number of hydrogen-bond donors (Lipinski definition) is 0. The SMILES string of the molecule is COc1ccccc1CC(CBr)c1ccccc1F. The average Bonchev–Trinajstić information content (AvgIpc) is 2.46. The maximum absolute atomic E-state index is 13.9. The first kappa shape index (κ1) is 14.1. The highest BCUT2D eigenvalue weighted by molar-refractivity contribution is 9.09. The van der Waals surface area contributed by atoms with Crippen LogP contribution in [0.5, 0.6) is 5.75 Å². The molecule has 19 heavy (non-hydrogen) atoms. The van der Waals surface area contributed by atoms with Crippen LogP contribution in [0.15, 0.2) is 48.5 Å². The minimum absolute atomic E-state index is 0.0949. The van der Waals surface area contributed by atoms with Gasteiger partial charge in [-0.3, -0.25) is 0 Å². The Balaban J connectivity index is 2.27. The number of hydrogen-bond acceptors (Lipinski definition) is 1. The van der Waals surface area contributed by atoms with Gasteiger partial charge in [0.25, 0.3) is 0 Å². The molecule has 0 heterocycles. The molecule has 0 aliphatic carbocycles. The molecule has 2 aromatic carbocycles. The molecule has 0 spiro atoms. The van der Waals surface area contributed by atoms with Crippen LogP contribution in [0.2, 0.25) is 0 Å². The van der Waals surface area contributed by atoms with Crippen molar-refractivity contribution in [2.45, 2.75) is 12.3 Å². The Bertz CT molecular complexity index is 542. The van der Waals surface area contributed by atoms with E-state index in [2.05, 4.69) is 15.9 Å². The first-order valence-electron chi connectivity index (χ1n) is 6.18. The van der Waals surface area contributed by atoms with Gasteiger partial charge in [-0.05, 0) is 29.7 Å². The van der Waals surface area contributed by atoms with E-state index in [4.69, 9.17) is 4.74 Å². The van der Waals surface area contributed by atoms with E-state index in [1.165, 1.54) is 6.07 Å². The molecule has 0 aliphatic heterocycles. The summed E-state index contributed by atoms with van der Waals surface area (Å²) in [5.74, 6) is 0.795. The van der Waals surface area contributed by atoms with Gasteiger partial charge >= 0.3 is 0 Å². The number of methoxy groups -OCH3 is 1. The molecule has 2 aromatic rings. The van der Waals surface area contributed by atoms with E-state index in [0.717, 1.165) is 23.3 Å². The molecule has 0 aromatic heterocycles. The van der Waals surface area contributed by atoms with Crippen molar-refractivity contribution in [3.8, 4) is 5.75 Å². The molecular formula is C16H16BrFO. The van der Waals surface area contributed by atoms with Gasteiger partial charge in [0.1, 0.15) is 11.6 Å². The molecular weight excluding hydrogens is 307 g/mol.